The molecule has 0 heterocycles. The molecule has 0 saturated heterocycles. The van der Waals surface area contributed by atoms with Crippen molar-refractivity contribution in [3.8, 4) is 0 Å². The molecule has 0 amide bonds. The van der Waals surface area contributed by atoms with Gasteiger partial charge in [0.15, 0.2) is 0 Å². The van der Waals surface area contributed by atoms with Crippen molar-refractivity contribution in [3.05, 3.63) is 70.8 Å². The molecule has 2 rings (SSSR count). The molecule has 0 bridgehead atoms. The lowest BCUT2D eigenvalue weighted by atomic mass is 10.0. The van der Waals surface area contributed by atoms with Gasteiger partial charge in [0.25, 0.3) is 0 Å². The summed E-state index contributed by atoms with van der Waals surface area (Å²) < 4.78 is 52.7. The van der Waals surface area contributed by atoms with Crippen LogP contribution in [0.5, 0.6) is 0 Å². The first-order valence-corrected chi connectivity index (χ1v) is 4.94. The van der Waals surface area contributed by atoms with Crippen LogP contribution in [0.3, 0.4) is 0 Å². The second-order valence-corrected chi connectivity index (χ2v) is 3.55. The number of hydrogen-bond donors (Lipinski definition) is 0. The van der Waals surface area contributed by atoms with E-state index in [0.717, 1.165) is 12.1 Å². The molecule has 2 aromatic carbocycles. The molecule has 0 fully saturated rings. The van der Waals surface area contributed by atoms with Gasteiger partial charge in [0.1, 0.15) is 23.3 Å². The molecule has 0 spiro atoms. The van der Waals surface area contributed by atoms with E-state index in [4.69, 9.17) is 0 Å². The number of ketones is 1. The molecule has 0 aliphatic carbocycles. The largest absolute Gasteiger partial charge is 0.288 e. The van der Waals surface area contributed by atoms with Gasteiger partial charge in [-0.25, -0.2) is 17.6 Å². The van der Waals surface area contributed by atoms with E-state index >= 15 is 0 Å². The minimum atomic E-state index is -1.36. The van der Waals surface area contributed by atoms with Crippen molar-refractivity contribution >= 4 is 5.78 Å². The van der Waals surface area contributed by atoms with E-state index in [1.165, 1.54) is 12.1 Å². The predicted molar refractivity (Wildman–Crippen MR) is 56.1 cm³/mol. The van der Waals surface area contributed by atoms with E-state index in [1.807, 2.05) is 0 Å². The molecule has 5 heteroatoms. The van der Waals surface area contributed by atoms with Crippen molar-refractivity contribution in [2.45, 2.75) is 0 Å². The average molecular weight is 254 g/mol. The van der Waals surface area contributed by atoms with Gasteiger partial charge in [-0.3, -0.25) is 4.79 Å². The monoisotopic (exact) mass is 254 g/mol. The number of halogens is 4. The molecule has 0 unspecified atom stereocenters. The SMILES string of the molecule is O=C(c1ccccc1F)c1c(F)cc(F)cc1F. The first-order valence-electron chi connectivity index (χ1n) is 4.94. The predicted octanol–water partition coefficient (Wildman–Crippen LogP) is 3.47. The second kappa shape index (κ2) is 4.60. The van der Waals surface area contributed by atoms with Crippen LogP contribution in [0.15, 0.2) is 36.4 Å². The van der Waals surface area contributed by atoms with Crippen LogP contribution in [-0.2, 0) is 0 Å². The van der Waals surface area contributed by atoms with Gasteiger partial charge < -0.3 is 0 Å². The van der Waals surface area contributed by atoms with Crippen molar-refractivity contribution in [1.82, 2.24) is 0 Å². The summed E-state index contributed by atoms with van der Waals surface area (Å²) in [5, 5.41) is 0. The van der Waals surface area contributed by atoms with E-state index in [2.05, 4.69) is 0 Å². The highest BCUT2D eigenvalue weighted by Gasteiger charge is 2.22. The fourth-order valence-corrected chi connectivity index (χ4v) is 1.54. The minimum Gasteiger partial charge on any atom is -0.288 e. The van der Waals surface area contributed by atoms with E-state index in [0.29, 0.717) is 12.1 Å². The van der Waals surface area contributed by atoms with Gasteiger partial charge in [0.2, 0.25) is 5.78 Å². The molecule has 0 aliphatic rings. The van der Waals surface area contributed by atoms with Crippen LogP contribution in [0.2, 0.25) is 0 Å². The Kier molecular flexibility index (Phi) is 3.14. The van der Waals surface area contributed by atoms with Gasteiger partial charge in [-0.05, 0) is 12.1 Å². The first kappa shape index (κ1) is 12.3. The lowest BCUT2D eigenvalue weighted by Gasteiger charge is -2.05. The molecule has 0 radical (unpaired) electrons. The molecule has 92 valence electrons. The normalized spacial score (nSPS) is 10.4. The maximum Gasteiger partial charge on any atom is 0.201 e. The zero-order valence-electron chi connectivity index (χ0n) is 8.88. The molecule has 2 aromatic rings. The Balaban J connectivity index is 2.57. The molecule has 0 saturated carbocycles. The zero-order chi connectivity index (χ0) is 13.3. The highest BCUT2D eigenvalue weighted by atomic mass is 19.1. The molecule has 0 aromatic heterocycles. The molecular weight excluding hydrogens is 248 g/mol. The fourth-order valence-electron chi connectivity index (χ4n) is 1.54. The number of carbonyl (C=O) groups is 1. The van der Waals surface area contributed by atoms with Crippen molar-refractivity contribution < 1.29 is 22.4 Å². The van der Waals surface area contributed by atoms with Crippen molar-refractivity contribution in [2.24, 2.45) is 0 Å². The third-order valence-corrected chi connectivity index (χ3v) is 2.35. The standard InChI is InChI=1S/C13H6F4O/c14-7-5-10(16)12(11(17)6-7)13(18)8-3-1-2-4-9(8)15/h1-6H. The highest BCUT2D eigenvalue weighted by molar-refractivity contribution is 6.09. The molecule has 0 atom stereocenters. The van der Waals surface area contributed by atoms with Crippen molar-refractivity contribution in [2.75, 3.05) is 0 Å². The Labute approximate surface area is 99.7 Å². The van der Waals surface area contributed by atoms with Crippen molar-refractivity contribution in [3.63, 3.8) is 0 Å². The summed E-state index contributed by atoms with van der Waals surface area (Å²) in [6, 6.07) is 5.53. The van der Waals surface area contributed by atoms with Crippen LogP contribution in [0, 0.1) is 23.3 Å². The number of hydrogen-bond acceptors (Lipinski definition) is 1. The summed E-state index contributed by atoms with van der Waals surface area (Å²) in [6.07, 6.45) is 0. The third-order valence-electron chi connectivity index (χ3n) is 2.35. The smallest absolute Gasteiger partial charge is 0.201 e. The highest BCUT2D eigenvalue weighted by Crippen LogP contribution is 2.20. The number of rotatable bonds is 2. The summed E-state index contributed by atoms with van der Waals surface area (Å²) in [7, 11) is 0. The first-order chi connectivity index (χ1) is 8.50. The van der Waals surface area contributed by atoms with E-state index in [1.54, 1.807) is 0 Å². The van der Waals surface area contributed by atoms with Crippen LogP contribution in [0.4, 0.5) is 17.6 Å². The molecule has 0 aliphatic heterocycles. The Morgan fingerprint density at radius 3 is 1.94 bits per heavy atom. The average Bonchev–Trinajstić information content (AvgIpc) is 2.27. The maximum absolute atomic E-state index is 13.4. The quantitative estimate of drug-likeness (QED) is 0.592. The summed E-state index contributed by atoms with van der Waals surface area (Å²) in [6.45, 7) is 0. The Hall–Kier alpha value is -2.17. The maximum atomic E-state index is 13.4. The van der Waals surface area contributed by atoms with Gasteiger partial charge >= 0.3 is 0 Å². The summed E-state index contributed by atoms with van der Waals surface area (Å²) in [5.41, 5.74) is -1.44. The zero-order valence-corrected chi connectivity index (χ0v) is 8.88. The third kappa shape index (κ3) is 2.11. The van der Waals surface area contributed by atoms with Gasteiger partial charge in [-0.15, -0.1) is 0 Å². The van der Waals surface area contributed by atoms with Gasteiger partial charge in [0.05, 0.1) is 11.1 Å². The van der Waals surface area contributed by atoms with Crippen molar-refractivity contribution in [1.29, 1.82) is 0 Å². The molecular formula is C13H6F4O. The van der Waals surface area contributed by atoms with Gasteiger partial charge in [-0.1, -0.05) is 12.1 Å². The van der Waals surface area contributed by atoms with Gasteiger partial charge in [0, 0.05) is 12.1 Å². The summed E-state index contributed by atoms with van der Waals surface area (Å²) in [5.74, 6) is -5.93. The number of carbonyl (C=O) groups excluding carboxylic acids is 1. The van der Waals surface area contributed by atoms with Crippen LogP contribution < -0.4 is 0 Å². The summed E-state index contributed by atoms with van der Waals surface area (Å²) in [4.78, 5) is 11.8. The van der Waals surface area contributed by atoms with Crippen LogP contribution in [-0.4, -0.2) is 5.78 Å². The lowest BCUT2D eigenvalue weighted by Crippen LogP contribution is -2.10. The topological polar surface area (TPSA) is 17.1 Å². The molecule has 18 heavy (non-hydrogen) atoms. The molecule has 1 nitrogen and oxygen atoms in total. The Morgan fingerprint density at radius 1 is 0.833 bits per heavy atom. The van der Waals surface area contributed by atoms with Gasteiger partial charge in [-0.2, -0.15) is 0 Å². The minimum absolute atomic E-state index is 0.372. The molecule has 0 N–H and O–H groups in total. The fraction of sp³-hybridized carbons (Fsp3) is 0. The Morgan fingerprint density at radius 2 is 1.39 bits per heavy atom. The van der Waals surface area contributed by atoms with E-state index in [-0.39, 0.29) is 0 Å². The van der Waals surface area contributed by atoms with Crippen LogP contribution in [0.25, 0.3) is 0 Å². The van der Waals surface area contributed by atoms with E-state index in [9.17, 15) is 22.4 Å². The van der Waals surface area contributed by atoms with Crippen LogP contribution in [0.1, 0.15) is 15.9 Å². The van der Waals surface area contributed by atoms with E-state index < -0.39 is 40.2 Å². The summed E-state index contributed by atoms with van der Waals surface area (Å²) >= 11 is 0. The van der Waals surface area contributed by atoms with Crippen LogP contribution >= 0.6 is 0 Å². The lowest BCUT2D eigenvalue weighted by molar-refractivity contribution is 0.102. The Bertz CT molecular complexity index is 599. The number of benzene rings is 2. The second-order valence-electron chi connectivity index (χ2n) is 3.55.